The summed E-state index contributed by atoms with van der Waals surface area (Å²) in [5.74, 6) is 5.08. The first-order chi connectivity index (χ1) is 14.4. The second-order valence-corrected chi connectivity index (χ2v) is 10.8. The molecular weight excluding hydrogens is 378 g/mol. The van der Waals surface area contributed by atoms with Crippen molar-refractivity contribution in [2.45, 2.75) is 85.0 Å². The van der Waals surface area contributed by atoms with Crippen LogP contribution in [0.25, 0.3) is 0 Å². The molecule has 5 rings (SSSR count). The van der Waals surface area contributed by atoms with E-state index in [1.165, 1.54) is 44.2 Å². The maximum atomic E-state index is 10.6. The molecule has 0 bridgehead atoms. The molecule has 0 amide bonds. The number of oxime groups is 1. The van der Waals surface area contributed by atoms with E-state index in [1.807, 2.05) is 6.92 Å². The standard InChI is InChI=1S/C24H35N3O3/c1-15-25-22(30-26-15)10-13-29-27-17-8-11-23(2)16(14-17)4-5-18-19-6-7-21(28)24(19,3)12-9-20(18)23/h16,18-20H,4-14H2,1-3H3/p+1/b27-17-/t16?,18?,19?,20?,23-,24-/m0/s1. The quantitative estimate of drug-likeness (QED) is 0.399. The van der Waals surface area contributed by atoms with Crippen molar-refractivity contribution in [3.63, 3.8) is 0 Å². The molecule has 0 radical (unpaired) electrons. The smallest absolute Gasteiger partial charge is 0.299 e. The zero-order chi connectivity index (χ0) is 20.9. The monoisotopic (exact) mass is 414 g/mol. The molecule has 164 valence electrons. The Morgan fingerprint density at radius 2 is 2.00 bits per heavy atom. The van der Waals surface area contributed by atoms with Gasteiger partial charge in [-0.15, -0.1) is 0 Å². The molecule has 4 fully saturated rings. The number of rotatable bonds is 4. The first-order valence-electron chi connectivity index (χ1n) is 11.9. The van der Waals surface area contributed by atoms with Gasteiger partial charge < -0.3 is 9.36 Å². The highest BCUT2D eigenvalue weighted by atomic mass is 16.6. The van der Waals surface area contributed by atoms with Gasteiger partial charge in [0.1, 0.15) is 6.61 Å². The summed E-state index contributed by atoms with van der Waals surface area (Å²) in [6.07, 6.45) is 11.2. The van der Waals surface area contributed by atoms with E-state index >= 15 is 0 Å². The summed E-state index contributed by atoms with van der Waals surface area (Å²) in [5.41, 5.74) is 1.74. The molecule has 6 nitrogen and oxygen atoms in total. The van der Waals surface area contributed by atoms with Gasteiger partial charge in [0, 0.05) is 0 Å². The third-order valence-corrected chi connectivity index (χ3v) is 9.41. The van der Waals surface area contributed by atoms with Gasteiger partial charge in [0.15, 0.2) is 5.82 Å². The minimum atomic E-state index is 0.0936. The molecule has 0 aromatic carbocycles. The number of aromatic nitrogens is 2. The first-order valence-corrected chi connectivity index (χ1v) is 11.9. The van der Waals surface area contributed by atoms with Crippen LogP contribution in [0.15, 0.2) is 9.68 Å². The molecule has 4 aliphatic rings. The second kappa shape index (κ2) is 7.45. The van der Waals surface area contributed by atoms with Crippen LogP contribution in [0.3, 0.4) is 0 Å². The molecule has 4 aliphatic carbocycles. The highest BCUT2D eigenvalue weighted by Crippen LogP contribution is 2.65. The summed E-state index contributed by atoms with van der Waals surface area (Å²) in [7, 11) is 0. The summed E-state index contributed by atoms with van der Waals surface area (Å²) < 4.78 is 5.13. The van der Waals surface area contributed by atoms with Gasteiger partial charge in [0.2, 0.25) is 5.89 Å². The van der Waals surface area contributed by atoms with Crippen LogP contribution in [0.4, 0.5) is 0 Å². The van der Waals surface area contributed by atoms with Crippen LogP contribution in [0.2, 0.25) is 0 Å². The summed E-state index contributed by atoms with van der Waals surface area (Å²) in [5, 5.41) is 8.30. The van der Waals surface area contributed by atoms with Crippen molar-refractivity contribution < 1.29 is 14.2 Å². The predicted octanol–water partition coefficient (Wildman–Crippen LogP) is 4.88. The van der Waals surface area contributed by atoms with E-state index in [1.54, 1.807) is 0 Å². The molecule has 1 aromatic rings. The Kier molecular flexibility index (Phi) is 5.02. The number of hydrogen-bond donors (Lipinski definition) is 0. The molecule has 6 atom stereocenters. The molecule has 30 heavy (non-hydrogen) atoms. The molecular formula is C24H36N3O3+. The number of ketones is 1. The van der Waals surface area contributed by atoms with Gasteiger partial charge in [-0.1, -0.05) is 17.2 Å². The molecule has 1 heterocycles. The maximum Gasteiger partial charge on any atom is 0.299 e. The third kappa shape index (κ3) is 3.21. The van der Waals surface area contributed by atoms with Crippen LogP contribution in [-0.4, -0.2) is 33.0 Å². The summed E-state index contributed by atoms with van der Waals surface area (Å²) in [4.78, 5) is 20.4. The predicted molar refractivity (Wildman–Crippen MR) is 115 cm³/mol. The maximum absolute atomic E-state index is 10.6. The molecule has 4 unspecified atom stereocenters. The van der Waals surface area contributed by atoms with Crippen molar-refractivity contribution in [2.75, 3.05) is 6.61 Å². The summed E-state index contributed by atoms with van der Waals surface area (Å²) in [6.45, 7) is 7.20. The zero-order valence-corrected chi connectivity index (χ0v) is 18.7. The van der Waals surface area contributed by atoms with Gasteiger partial charge in [-0.25, -0.2) is 0 Å². The first kappa shape index (κ1) is 20.2. The normalized spacial score (nSPS) is 42.0. The molecule has 4 saturated carbocycles. The van der Waals surface area contributed by atoms with E-state index in [0.29, 0.717) is 36.1 Å². The Morgan fingerprint density at radius 3 is 2.80 bits per heavy atom. The minimum Gasteiger partial charge on any atom is -0.395 e. The number of aryl methyl sites for hydroxylation is 1. The van der Waals surface area contributed by atoms with E-state index in [4.69, 9.17) is 9.36 Å². The van der Waals surface area contributed by atoms with Gasteiger partial charge in [0.05, 0.1) is 24.0 Å². The summed E-state index contributed by atoms with van der Waals surface area (Å²) in [6, 6.07) is 0. The minimum absolute atomic E-state index is 0.0936. The van der Waals surface area contributed by atoms with Crippen molar-refractivity contribution in [1.29, 1.82) is 0 Å². The molecule has 0 aliphatic heterocycles. The van der Waals surface area contributed by atoms with Crippen molar-refractivity contribution >= 4 is 11.5 Å². The molecule has 0 saturated heterocycles. The lowest BCUT2D eigenvalue weighted by molar-refractivity contribution is -0.0825. The van der Waals surface area contributed by atoms with E-state index < -0.39 is 0 Å². The lowest BCUT2D eigenvalue weighted by Crippen LogP contribution is -2.53. The van der Waals surface area contributed by atoms with Crippen LogP contribution in [-0.2, 0) is 11.3 Å². The Hall–Kier alpha value is -1.72. The number of hydrogen-bond acceptors (Lipinski definition) is 5. The third-order valence-electron chi connectivity index (χ3n) is 9.41. The fourth-order valence-electron chi connectivity index (χ4n) is 7.64. The fourth-order valence-corrected chi connectivity index (χ4v) is 7.64. The average molecular weight is 415 g/mol. The highest BCUT2D eigenvalue weighted by molar-refractivity contribution is 5.88. The molecule has 0 spiro atoms. The van der Waals surface area contributed by atoms with E-state index in [9.17, 15) is 4.79 Å². The zero-order valence-electron chi connectivity index (χ0n) is 18.7. The number of carbonyl (C=O) groups excluding carboxylic acids is 1. The number of nitrogens with zero attached hydrogens (tertiary/aromatic N) is 3. The molecule has 1 N–H and O–H groups in total. The topological polar surface area (TPSA) is 81.9 Å². The van der Waals surface area contributed by atoms with Crippen molar-refractivity contribution in [3.05, 3.63) is 11.7 Å². The van der Waals surface area contributed by atoms with Crippen LogP contribution < -0.4 is 0 Å². The van der Waals surface area contributed by atoms with E-state index in [2.05, 4.69) is 29.1 Å². The van der Waals surface area contributed by atoms with Crippen molar-refractivity contribution in [2.24, 2.45) is 39.7 Å². The Morgan fingerprint density at radius 1 is 1.13 bits per heavy atom. The molecule has 1 aromatic heterocycles. The largest absolute Gasteiger partial charge is 0.395 e. The number of fused-ring (bicyclic) bond motifs is 5. The van der Waals surface area contributed by atoms with Crippen LogP contribution in [0, 0.1) is 41.4 Å². The van der Waals surface area contributed by atoms with Crippen molar-refractivity contribution in [3.8, 4) is 0 Å². The van der Waals surface area contributed by atoms with Gasteiger partial charge in [0.25, 0.3) is 5.78 Å². The Balaban J connectivity index is 1.21. The lowest BCUT2D eigenvalue weighted by atomic mass is 9.45. The van der Waals surface area contributed by atoms with Crippen LogP contribution in [0.5, 0.6) is 0 Å². The Labute approximate surface area is 179 Å². The van der Waals surface area contributed by atoms with E-state index in [0.717, 1.165) is 42.8 Å². The van der Waals surface area contributed by atoms with Crippen molar-refractivity contribution in [1.82, 2.24) is 10.1 Å². The highest BCUT2D eigenvalue weighted by Gasteiger charge is 2.62. The lowest BCUT2D eigenvalue weighted by Gasteiger charge is -2.59. The Bertz CT molecular complexity index is 849. The summed E-state index contributed by atoms with van der Waals surface area (Å²) >= 11 is 0. The van der Waals surface area contributed by atoms with Crippen LogP contribution >= 0.6 is 0 Å². The van der Waals surface area contributed by atoms with Gasteiger partial charge in [-0.2, -0.15) is 4.98 Å². The van der Waals surface area contributed by atoms with Gasteiger partial charge in [-0.3, -0.25) is 4.79 Å². The fraction of sp³-hybridized carbons (Fsp3) is 0.833. The molecule has 6 heteroatoms. The van der Waals surface area contributed by atoms with Gasteiger partial charge >= 0.3 is 0 Å². The average Bonchev–Trinajstić information content (AvgIpc) is 3.28. The van der Waals surface area contributed by atoms with Crippen LogP contribution in [0.1, 0.15) is 83.3 Å². The van der Waals surface area contributed by atoms with E-state index in [-0.39, 0.29) is 5.41 Å². The SMILES string of the molecule is Cc1noc(CCO/N=C2/CC[C@@]3(C)C(CCC4C3CC[C@]3(C)C(=[OH+])CCC43)C2)n1. The second-order valence-electron chi connectivity index (χ2n) is 10.8. The van der Waals surface area contributed by atoms with Gasteiger partial charge in [-0.05, 0) is 94.3 Å².